The van der Waals surface area contributed by atoms with Crippen LogP contribution in [-0.4, -0.2) is 201 Å². The van der Waals surface area contributed by atoms with E-state index in [-0.39, 0.29) is 12.1 Å². The number of oxazole rings is 3. The summed E-state index contributed by atoms with van der Waals surface area (Å²) < 4.78 is 19.4. The number of nitriles is 6. The third-order valence-corrected chi connectivity index (χ3v) is 30.7. The van der Waals surface area contributed by atoms with Crippen molar-refractivity contribution in [3.63, 3.8) is 0 Å². The predicted octanol–water partition coefficient (Wildman–Crippen LogP) is 19.8. The number of halogens is 2. The number of carbonyl (C=O) groups excluding carboxylic acids is 2. The molecular weight excluding hydrogens is 1950 g/mol. The highest BCUT2D eigenvalue weighted by atomic mass is 35.5. The maximum Gasteiger partial charge on any atom is 0.349 e. The Balaban J connectivity index is 0.000000107. The van der Waals surface area contributed by atoms with Crippen LogP contribution in [0.2, 0.25) is 10.0 Å². The van der Waals surface area contributed by atoms with Crippen molar-refractivity contribution in [1.82, 2.24) is 90.0 Å². The number of hydrogen-bond acceptors (Lipinski definition) is 30. The summed E-state index contributed by atoms with van der Waals surface area (Å²) in [7, 11) is 0. The van der Waals surface area contributed by atoms with Crippen molar-refractivity contribution in [2.24, 2.45) is 0 Å². The van der Waals surface area contributed by atoms with Gasteiger partial charge in [-0.1, -0.05) is 62.7 Å². The van der Waals surface area contributed by atoms with E-state index in [4.69, 9.17) is 85.3 Å². The number of aromatic nitrogens is 6. The molecule has 6 aromatic heterocycles. The minimum Gasteiger partial charge on any atom is -0.440 e. The Morgan fingerprint density at radius 1 is 0.300 bits per heavy atom. The second-order valence-electron chi connectivity index (χ2n) is 34.1. The summed E-state index contributed by atoms with van der Waals surface area (Å²) in [4.78, 5) is 63.5. The second kappa shape index (κ2) is 38.0. The van der Waals surface area contributed by atoms with Crippen molar-refractivity contribution in [2.45, 2.75) is 119 Å². The number of benzene rings is 6. The van der Waals surface area contributed by atoms with Crippen molar-refractivity contribution in [3.05, 3.63) is 211 Å². The van der Waals surface area contributed by atoms with Crippen LogP contribution in [0, 0.1) is 110 Å². The maximum absolute atomic E-state index is 12.8. The fourth-order valence-corrected chi connectivity index (χ4v) is 24.0. The van der Waals surface area contributed by atoms with Crippen LogP contribution in [0.4, 0.5) is 43.7 Å². The zero-order chi connectivity index (χ0) is 98.6. The molecule has 0 N–H and O–H groups in total. The van der Waals surface area contributed by atoms with E-state index in [0.29, 0.717) is 163 Å². The Kier molecular flexibility index (Phi) is 25.6. The van der Waals surface area contributed by atoms with Crippen LogP contribution in [0.15, 0.2) is 148 Å². The number of nitrogens with zero attached hydrogens (tertiary/aromatic N) is 30. The van der Waals surface area contributed by atoms with Gasteiger partial charge in [0.15, 0.2) is 34.4 Å². The van der Waals surface area contributed by atoms with Crippen molar-refractivity contribution in [3.8, 4) is 36.4 Å². The molecule has 0 spiro atoms. The summed E-state index contributed by atoms with van der Waals surface area (Å²) in [5.41, 5.74) is 12.6. The van der Waals surface area contributed by atoms with E-state index in [1.807, 2.05) is 73.6 Å². The molecule has 12 aliphatic rings. The standard InChI is InChI=1S/C16H14ClN5OS.C16H14ClN5S2.C16H15N5O2.2C16H15N5OS.C16H15N5S2/c1-9-19-13-14(12(17)7-11(8-18)15(13)23-9)22-10(2)20-5-3-4-6-21(20)16(22)24;1-9-19-13-14(12(17)7-11(8-18)15(13)24-9)22-10(2)20-5-3-4-6-21(20)16(22)23;2*1-10-18-14-13(6-5-12(9-17)15(14)23-10)21-11(2)19-7-3-4-8-20(19)16(21)22;1-10-18-14-13(6-5-12(9-17)15(14)22-10)21-11(2)19-7-3-4-8-20(19)16(21)23;1-10-18-14-13(6-5-12(9-17)15(14)23-10)21-11(2)19-7-3-4-8-20(19)16(21)22/h2*7H,2-6H2,1H3;4*5-6H,2-4,7-8H2,1H3. The monoisotopic (exact) mass is 2030 g/mol. The van der Waals surface area contributed by atoms with Gasteiger partial charge >= 0.3 is 12.1 Å². The van der Waals surface area contributed by atoms with Gasteiger partial charge in [-0.25, -0.2) is 59.3 Å². The van der Waals surface area contributed by atoms with E-state index in [2.05, 4.69) is 141 Å². The lowest BCUT2D eigenvalue weighted by atomic mass is 10.1. The molecule has 0 saturated carbocycles. The highest BCUT2D eigenvalue weighted by molar-refractivity contribution is 7.81. The van der Waals surface area contributed by atoms with E-state index < -0.39 is 0 Å². The predicted molar refractivity (Wildman–Crippen MR) is 554 cm³/mol. The molecule has 6 aromatic carbocycles. The third kappa shape index (κ3) is 16.1. The Morgan fingerprint density at radius 3 is 0.879 bits per heavy atom. The molecule has 24 rings (SSSR count). The first-order chi connectivity index (χ1) is 67.5. The van der Waals surface area contributed by atoms with Crippen molar-refractivity contribution in [1.29, 1.82) is 31.6 Å². The largest absolute Gasteiger partial charge is 0.440 e. The Morgan fingerprint density at radius 2 is 0.543 bits per heavy atom. The topological polar surface area (TPSA) is 352 Å². The van der Waals surface area contributed by atoms with Gasteiger partial charge in [0.1, 0.15) is 104 Å². The SMILES string of the molecule is C=C1N(c2c(Cl)cc(C#N)c3oc(C)nc23)C(=S)N2CCCCN12.C=C1N(c2c(Cl)cc(C#N)c3sc(C)nc23)C(=S)N2CCCCN12.C=C1N(c2ccc(C#N)c3oc(C)nc23)C(=O)N2CCCCN12.C=C1N(c2ccc(C#N)c3oc(C)nc23)C(=S)N2CCCCN12.C=C1N(c2ccc(C#N)c3sc(C)nc23)C(=O)N2CCCCN12.C=C1N(c2ccc(C#N)c3sc(C)nc23)C(=S)N2CCCCN12. The molecule has 140 heavy (non-hydrogen) atoms. The average Bonchev–Trinajstić information content (AvgIpc) is 1.78. The number of anilines is 6. The first kappa shape index (κ1) is 94.4. The number of hydrogen-bond donors (Lipinski definition) is 0. The molecule has 35 nitrogen and oxygen atoms in total. The molecule has 12 aliphatic heterocycles. The second-order valence-corrected chi connectivity index (χ2v) is 40.0. The minimum absolute atomic E-state index is 0.0913. The number of rotatable bonds is 6. The molecule has 0 atom stereocenters. The molecule has 0 unspecified atom stereocenters. The lowest BCUT2D eigenvalue weighted by Crippen LogP contribution is -2.43. The van der Waals surface area contributed by atoms with E-state index in [1.54, 1.807) is 94.4 Å². The zero-order valence-corrected chi connectivity index (χ0v) is 84.3. The lowest BCUT2D eigenvalue weighted by molar-refractivity contribution is 0.0499. The van der Waals surface area contributed by atoms with E-state index >= 15 is 0 Å². The average molecular weight is 2040 g/mol. The third-order valence-electron chi connectivity index (χ3n) is 25.5. The first-order valence-electron chi connectivity index (χ1n) is 45.2. The summed E-state index contributed by atoms with van der Waals surface area (Å²) in [6.45, 7) is 46.2. The number of thiocarbonyl (C=S) groups is 4. The summed E-state index contributed by atoms with van der Waals surface area (Å²) in [6.07, 6.45) is 13.0. The quantitative estimate of drug-likeness (QED) is 0.140. The number of amides is 4. The van der Waals surface area contributed by atoms with Crippen LogP contribution in [0.1, 0.15) is 143 Å². The summed E-state index contributed by atoms with van der Waals surface area (Å²) in [5, 5.41) is 86.2. The van der Waals surface area contributed by atoms with Crippen molar-refractivity contribution in [2.75, 3.05) is 108 Å². The lowest BCUT2D eigenvalue weighted by Gasteiger charge is -2.33. The molecule has 4 amide bonds. The van der Waals surface area contributed by atoms with Gasteiger partial charge in [-0.3, -0.25) is 69.7 Å². The molecular formula is C96H88Cl2N30O5S7. The molecule has 0 radical (unpaired) electrons. The van der Waals surface area contributed by atoms with Gasteiger partial charge < -0.3 is 13.3 Å². The number of carbonyl (C=O) groups is 2. The van der Waals surface area contributed by atoms with E-state index in [0.717, 1.165) is 223 Å². The number of fused-ring (bicyclic) bond motifs is 12. The number of thiazole rings is 3. The van der Waals surface area contributed by atoms with Crippen LogP contribution >= 0.6 is 106 Å². The molecule has 44 heteroatoms. The summed E-state index contributed by atoms with van der Waals surface area (Å²) in [6, 6.07) is 30.3. The molecule has 12 aromatic rings. The van der Waals surface area contributed by atoms with Crippen molar-refractivity contribution >= 4 is 237 Å². The molecule has 12 saturated heterocycles. The van der Waals surface area contributed by atoms with Crippen molar-refractivity contribution < 1.29 is 22.8 Å². The summed E-state index contributed by atoms with van der Waals surface area (Å²) >= 11 is 40.2. The van der Waals surface area contributed by atoms with Crippen LogP contribution in [0.3, 0.4) is 0 Å². The number of urea groups is 2. The van der Waals surface area contributed by atoms with Crippen LogP contribution in [0.5, 0.6) is 0 Å². The normalized spacial score (nSPS) is 17.8. The molecule has 708 valence electrons. The van der Waals surface area contributed by atoms with Gasteiger partial charge in [-0.05, 0) is 207 Å². The summed E-state index contributed by atoms with van der Waals surface area (Å²) in [5.74, 6) is 5.95. The van der Waals surface area contributed by atoms with E-state index in [9.17, 15) is 41.2 Å². The highest BCUT2D eigenvalue weighted by Gasteiger charge is 2.48. The highest BCUT2D eigenvalue weighted by Crippen LogP contribution is 2.49. The van der Waals surface area contributed by atoms with Crippen LogP contribution in [-0.2, 0) is 0 Å². The van der Waals surface area contributed by atoms with Gasteiger partial charge in [0.05, 0.1) is 107 Å². The van der Waals surface area contributed by atoms with Crippen LogP contribution < -0.4 is 29.4 Å². The van der Waals surface area contributed by atoms with Gasteiger partial charge in [0, 0.05) is 99.3 Å². The van der Waals surface area contributed by atoms with Gasteiger partial charge in [0.2, 0.25) is 20.4 Å². The first-order valence-corrected chi connectivity index (χ1v) is 50.0. The minimum atomic E-state index is -0.138. The Bertz CT molecular complexity index is 6800. The van der Waals surface area contributed by atoms with Crippen LogP contribution in [0.25, 0.3) is 63.9 Å². The molecule has 18 heterocycles. The maximum atomic E-state index is 12.8. The zero-order valence-electron chi connectivity index (χ0n) is 77.1. The number of hydrazine groups is 6. The fraction of sp³-hybridized carbons (Fsp3) is 0.312. The Hall–Kier alpha value is -14.5. The molecule has 0 aliphatic carbocycles. The fourth-order valence-electron chi connectivity index (χ4n) is 19.2. The van der Waals surface area contributed by atoms with E-state index in [1.165, 1.54) is 22.7 Å². The number of aryl methyl sites for hydroxylation is 6. The van der Waals surface area contributed by atoms with Gasteiger partial charge in [-0.2, -0.15) is 31.6 Å². The Labute approximate surface area is 848 Å². The molecule has 12 fully saturated rings. The molecule has 0 bridgehead atoms. The smallest absolute Gasteiger partial charge is 0.349 e. The van der Waals surface area contributed by atoms with Gasteiger partial charge in [0.25, 0.3) is 0 Å². The van der Waals surface area contributed by atoms with Gasteiger partial charge in [-0.15, -0.1) is 34.0 Å².